The van der Waals surface area contributed by atoms with Crippen LogP contribution in [0.1, 0.15) is 86.7 Å². The Morgan fingerprint density at radius 2 is 1.50 bits per heavy atom. The van der Waals surface area contributed by atoms with Gasteiger partial charge in [-0.2, -0.15) is 0 Å². The molecule has 180 valence electrons. The standard InChI is InChI=1S/C29H35ClN2O2/c1-3-5-6-7-8-9-10-12-23-13-14-25(19-27(23)30)29(33)34-26-17-15-24(16-18-26)28-31-20-22(11-4-2)21-32-28/h13-21H,3-12H2,1-2H3. The van der Waals surface area contributed by atoms with Crippen molar-refractivity contribution in [2.45, 2.75) is 78.1 Å². The van der Waals surface area contributed by atoms with Gasteiger partial charge in [0.1, 0.15) is 5.75 Å². The lowest BCUT2D eigenvalue weighted by atomic mass is 10.0. The van der Waals surface area contributed by atoms with Crippen LogP contribution in [0.4, 0.5) is 0 Å². The maximum atomic E-state index is 12.6. The summed E-state index contributed by atoms with van der Waals surface area (Å²) in [5.74, 6) is 0.706. The van der Waals surface area contributed by atoms with Gasteiger partial charge in [0.25, 0.3) is 0 Å². The van der Waals surface area contributed by atoms with Gasteiger partial charge in [-0.1, -0.05) is 76.5 Å². The van der Waals surface area contributed by atoms with Gasteiger partial charge in [0.15, 0.2) is 5.82 Å². The Morgan fingerprint density at radius 1 is 0.824 bits per heavy atom. The number of ether oxygens (including phenoxy) is 1. The first-order valence-corrected chi connectivity index (χ1v) is 12.9. The maximum absolute atomic E-state index is 12.6. The molecule has 0 radical (unpaired) electrons. The Bertz CT molecular complexity index is 1030. The quantitative estimate of drug-likeness (QED) is 0.141. The van der Waals surface area contributed by atoms with E-state index in [4.69, 9.17) is 16.3 Å². The van der Waals surface area contributed by atoms with Crippen LogP contribution >= 0.6 is 11.6 Å². The smallest absolute Gasteiger partial charge is 0.343 e. The van der Waals surface area contributed by atoms with Crippen molar-refractivity contribution < 1.29 is 9.53 Å². The maximum Gasteiger partial charge on any atom is 0.343 e. The molecule has 0 aliphatic carbocycles. The molecular weight excluding hydrogens is 444 g/mol. The number of unbranched alkanes of at least 4 members (excludes halogenated alkanes) is 6. The minimum absolute atomic E-state index is 0.419. The molecule has 1 aromatic heterocycles. The summed E-state index contributed by atoms with van der Waals surface area (Å²) >= 11 is 6.46. The third-order valence-electron chi connectivity index (χ3n) is 5.91. The van der Waals surface area contributed by atoms with Gasteiger partial charge in [-0.25, -0.2) is 14.8 Å². The van der Waals surface area contributed by atoms with E-state index in [1.54, 1.807) is 24.3 Å². The van der Waals surface area contributed by atoms with Crippen LogP contribution in [0.5, 0.6) is 5.75 Å². The Kier molecular flexibility index (Phi) is 10.6. The van der Waals surface area contributed by atoms with Crippen LogP contribution in [-0.2, 0) is 12.8 Å². The molecule has 0 spiro atoms. The molecule has 3 aromatic rings. The molecule has 1 heterocycles. The molecule has 0 unspecified atom stereocenters. The Morgan fingerprint density at radius 3 is 2.15 bits per heavy atom. The van der Waals surface area contributed by atoms with Gasteiger partial charge in [0.05, 0.1) is 5.56 Å². The highest BCUT2D eigenvalue weighted by atomic mass is 35.5. The normalized spacial score (nSPS) is 10.9. The molecule has 0 amide bonds. The number of carbonyl (C=O) groups is 1. The number of esters is 1. The number of carbonyl (C=O) groups excluding carboxylic acids is 1. The molecule has 0 atom stereocenters. The molecule has 2 aromatic carbocycles. The molecule has 5 heteroatoms. The first-order chi connectivity index (χ1) is 16.6. The van der Waals surface area contributed by atoms with Crippen molar-refractivity contribution in [1.82, 2.24) is 9.97 Å². The number of benzene rings is 2. The van der Waals surface area contributed by atoms with E-state index in [9.17, 15) is 4.79 Å². The van der Waals surface area contributed by atoms with Gasteiger partial charge in [-0.05, 0) is 66.8 Å². The van der Waals surface area contributed by atoms with E-state index in [2.05, 4.69) is 23.8 Å². The van der Waals surface area contributed by atoms with Crippen molar-refractivity contribution in [1.29, 1.82) is 0 Å². The molecule has 0 aliphatic rings. The van der Waals surface area contributed by atoms with E-state index in [0.717, 1.165) is 42.4 Å². The van der Waals surface area contributed by atoms with Crippen LogP contribution in [-0.4, -0.2) is 15.9 Å². The summed E-state index contributed by atoms with van der Waals surface area (Å²) in [5, 5.41) is 0.624. The predicted octanol–water partition coefficient (Wildman–Crippen LogP) is 8.26. The number of halogens is 1. The molecule has 0 aliphatic heterocycles. The minimum Gasteiger partial charge on any atom is -0.423 e. The number of hydrogen-bond acceptors (Lipinski definition) is 4. The highest BCUT2D eigenvalue weighted by Gasteiger charge is 2.12. The Hall–Kier alpha value is -2.72. The number of aryl methyl sites for hydroxylation is 2. The molecule has 4 nitrogen and oxygen atoms in total. The van der Waals surface area contributed by atoms with Gasteiger partial charge >= 0.3 is 5.97 Å². The van der Waals surface area contributed by atoms with Crippen LogP contribution in [0, 0.1) is 0 Å². The number of nitrogens with zero attached hydrogens (tertiary/aromatic N) is 2. The van der Waals surface area contributed by atoms with Crippen LogP contribution in [0.2, 0.25) is 5.02 Å². The molecule has 0 bridgehead atoms. The van der Waals surface area contributed by atoms with Crippen molar-refractivity contribution in [3.63, 3.8) is 0 Å². The summed E-state index contributed by atoms with van der Waals surface area (Å²) in [5.41, 5.74) is 3.54. The van der Waals surface area contributed by atoms with E-state index >= 15 is 0 Å². The van der Waals surface area contributed by atoms with Crippen molar-refractivity contribution >= 4 is 17.6 Å². The third-order valence-corrected chi connectivity index (χ3v) is 6.26. The SMILES string of the molecule is CCCCCCCCCc1ccc(C(=O)Oc2ccc(-c3ncc(CCC)cn3)cc2)cc1Cl. The molecule has 3 rings (SSSR count). The lowest BCUT2D eigenvalue weighted by Gasteiger charge is -2.09. The van der Waals surface area contributed by atoms with Gasteiger partial charge in [-0.3, -0.25) is 0 Å². The molecule has 0 N–H and O–H groups in total. The van der Waals surface area contributed by atoms with Crippen LogP contribution < -0.4 is 4.74 Å². The second-order valence-electron chi connectivity index (χ2n) is 8.76. The zero-order valence-corrected chi connectivity index (χ0v) is 21.1. The lowest BCUT2D eigenvalue weighted by molar-refractivity contribution is 0.0735. The highest BCUT2D eigenvalue weighted by Crippen LogP contribution is 2.23. The second-order valence-corrected chi connectivity index (χ2v) is 9.16. The average molecular weight is 479 g/mol. The molecule has 0 fully saturated rings. The van der Waals surface area contributed by atoms with E-state index in [1.165, 1.54) is 38.5 Å². The second kappa shape index (κ2) is 13.9. The largest absolute Gasteiger partial charge is 0.423 e. The average Bonchev–Trinajstić information content (AvgIpc) is 2.85. The molecular formula is C29H35ClN2O2. The van der Waals surface area contributed by atoms with Crippen LogP contribution in [0.25, 0.3) is 11.4 Å². The Balaban J connectivity index is 1.51. The summed E-state index contributed by atoms with van der Waals surface area (Å²) in [7, 11) is 0. The van der Waals surface area contributed by atoms with E-state index < -0.39 is 5.97 Å². The highest BCUT2D eigenvalue weighted by molar-refractivity contribution is 6.31. The summed E-state index contributed by atoms with van der Waals surface area (Å²) in [6.07, 6.45) is 15.6. The fourth-order valence-corrected chi connectivity index (χ4v) is 4.18. The molecule has 0 saturated heterocycles. The van der Waals surface area contributed by atoms with Crippen molar-refractivity contribution in [3.8, 4) is 17.1 Å². The van der Waals surface area contributed by atoms with E-state index in [0.29, 0.717) is 22.2 Å². The molecule has 0 saturated carbocycles. The monoisotopic (exact) mass is 478 g/mol. The first-order valence-electron chi connectivity index (χ1n) is 12.5. The zero-order chi connectivity index (χ0) is 24.2. The topological polar surface area (TPSA) is 52.1 Å². The fourth-order valence-electron chi connectivity index (χ4n) is 3.91. The fraction of sp³-hybridized carbons (Fsp3) is 0.414. The Labute approximate surface area is 208 Å². The first kappa shape index (κ1) is 25.9. The van der Waals surface area contributed by atoms with Gasteiger partial charge < -0.3 is 4.74 Å². The lowest BCUT2D eigenvalue weighted by Crippen LogP contribution is -2.08. The number of hydrogen-bond donors (Lipinski definition) is 0. The van der Waals surface area contributed by atoms with Crippen molar-refractivity contribution in [3.05, 3.63) is 76.6 Å². The third kappa shape index (κ3) is 7.95. The van der Waals surface area contributed by atoms with Crippen molar-refractivity contribution in [2.75, 3.05) is 0 Å². The summed E-state index contributed by atoms with van der Waals surface area (Å²) < 4.78 is 5.54. The summed E-state index contributed by atoms with van der Waals surface area (Å²) in [6, 6.07) is 12.7. The summed E-state index contributed by atoms with van der Waals surface area (Å²) in [4.78, 5) is 21.5. The molecule has 34 heavy (non-hydrogen) atoms. The van der Waals surface area contributed by atoms with E-state index in [-0.39, 0.29) is 0 Å². The predicted molar refractivity (Wildman–Crippen MR) is 140 cm³/mol. The zero-order valence-electron chi connectivity index (χ0n) is 20.4. The van der Waals surface area contributed by atoms with Crippen LogP contribution in [0.15, 0.2) is 54.9 Å². The van der Waals surface area contributed by atoms with Crippen LogP contribution in [0.3, 0.4) is 0 Å². The number of rotatable bonds is 13. The van der Waals surface area contributed by atoms with Gasteiger partial charge in [0, 0.05) is 23.0 Å². The van der Waals surface area contributed by atoms with Gasteiger partial charge in [0.2, 0.25) is 0 Å². The van der Waals surface area contributed by atoms with E-state index in [1.807, 2.05) is 30.6 Å². The van der Waals surface area contributed by atoms with Crippen molar-refractivity contribution in [2.24, 2.45) is 0 Å². The summed E-state index contributed by atoms with van der Waals surface area (Å²) in [6.45, 7) is 4.37. The minimum atomic E-state index is -0.419. The number of aromatic nitrogens is 2. The van der Waals surface area contributed by atoms with Gasteiger partial charge in [-0.15, -0.1) is 0 Å².